The Kier molecular flexibility index (Phi) is 2.50. The molecule has 0 amide bonds. The van der Waals surface area contributed by atoms with Crippen LogP contribution in [0.2, 0.25) is 0 Å². The van der Waals surface area contributed by atoms with E-state index >= 15 is 0 Å². The average Bonchev–Trinajstić information content (AvgIpc) is 2.17. The van der Waals surface area contributed by atoms with Gasteiger partial charge in [-0.2, -0.15) is 0 Å². The minimum atomic E-state index is 0.883. The molecule has 1 nitrogen and oxygen atoms in total. The summed E-state index contributed by atoms with van der Waals surface area (Å²) in [6, 6.07) is 0.883. The van der Waals surface area contributed by atoms with Gasteiger partial charge in [0, 0.05) is 12.6 Å². The first-order valence-corrected chi connectivity index (χ1v) is 5.31. The van der Waals surface area contributed by atoms with Crippen LogP contribution in [0.25, 0.3) is 0 Å². The van der Waals surface area contributed by atoms with Crippen molar-refractivity contribution in [1.82, 2.24) is 4.90 Å². The van der Waals surface area contributed by atoms with Gasteiger partial charge in [0.2, 0.25) is 0 Å². The van der Waals surface area contributed by atoms with Crippen LogP contribution >= 0.6 is 0 Å². The fourth-order valence-corrected chi connectivity index (χ4v) is 2.70. The third kappa shape index (κ3) is 1.42. The van der Waals surface area contributed by atoms with E-state index in [0.717, 1.165) is 12.0 Å². The molecule has 0 bridgehead atoms. The Hall–Kier alpha value is -0.300. The average molecular weight is 165 g/mol. The van der Waals surface area contributed by atoms with E-state index in [9.17, 15) is 0 Å². The Morgan fingerprint density at radius 2 is 2.33 bits per heavy atom. The summed E-state index contributed by atoms with van der Waals surface area (Å²) < 4.78 is 0. The van der Waals surface area contributed by atoms with E-state index in [1.807, 2.05) is 0 Å². The van der Waals surface area contributed by atoms with Crippen molar-refractivity contribution in [2.45, 2.75) is 38.6 Å². The summed E-state index contributed by atoms with van der Waals surface area (Å²) >= 11 is 0. The Morgan fingerprint density at radius 3 is 3.17 bits per heavy atom. The van der Waals surface area contributed by atoms with Gasteiger partial charge in [0.05, 0.1) is 0 Å². The van der Waals surface area contributed by atoms with Crippen molar-refractivity contribution in [2.24, 2.45) is 5.92 Å². The normalized spacial score (nSPS) is 36.4. The van der Waals surface area contributed by atoms with Gasteiger partial charge in [0.25, 0.3) is 0 Å². The summed E-state index contributed by atoms with van der Waals surface area (Å²) in [4.78, 5) is 2.66. The molecule has 1 saturated heterocycles. The highest BCUT2D eigenvalue weighted by atomic mass is 15.2. The fraction of sp³-hybridized carbons (Fsp3) is 0.818. The minimum Gasteiger partial charge on any atom is -0.296 e. The number of fused-ring (bicyclic) bond motifs is 1. The van der Waals surface area contributed by atoms with Crippen LogP contribution < -0.4 is 0 Å². The maximum Gasteiger partial charge on any atom is 0.0166 e. The predicted molar refractivity (Wildman–Crippen MR) is 52.1 cm³/mol. The molecule has 2 aliphatic rings. The van der Waals surface area contributed by atoms with Crippen molar-refractivity contribution in [2.75, 3.05) is 13.1 Å². The topological polar surface area (TPSA) is 3.24 Å². The molecule has 68 valence electrons. The van der Waals surface area contributed by atoms with E-state index in [2.05, 4.69) is 24.0 Å². The Labute approximate surface area is 75.4 Å². The zero-order valence-corrected chi connectivity index (χ0v) is 8.00. The van der Waals surface area contributed by atoms with E-state index in [-0.39, 0.29) is 0 Å². The van der Waals surface area contributed by atoms with Gasteiger partial charge in [-0.05, 0) is 31.7 Å². The first kappa shape index (κ1) is 8.31. The molecule has 0 aliphatic carbocycles. The van der Waals surface area contributed by atoms with Crippen molar-refractivity contribution < 1.29 is 0 Å². The summed E-state index contributed by atoms with van der Waals surface area (Å²) in [7, 11) is 0. The van der Waals surface area contributed by atoms with E-state index in [1.54, 1.807) is 0 Å². The molecule has 0 aromatic heterocycles. The molecule has 12 heavy (non-hydrogen) atoms. The van der Waals surface area contributed by atoms with Crippen LogP contribution in [-0.2, 0) is 0 Å². The van der Waals surface area contributed by atoms with Crippen LogP contribution in [-0.4, -0.2) is 24.0 Å². The molecule has 2 rings (SSSR count). The lowest BCUT2D eigenvalue weighted by atomic mass is 9.84. The van der Waals surface area contributed by atoms with E-state index in [0.29, 0.717) is 0 Å². The van der Waals surface area contributed by atoms with Gasteiger partial charge >= 0.3 is 0 Å². The second-order valence-electron chi connectivity index (χ2n) is 4.08. The van der Waals surface area contributed by atoms with Gasteiger partial charge in [0.1, 0.15) is 0 Å². The molecule has 2 aliphatic heterocycles. The Balaban J connectivity index is 2.05. The Morgan fingerprint density at radius 1 is 1.42 bits per heavy atom. The zero-order chi connectivity index (χ0) is 8.39. The van der Waals surface area contributed by atoms with Crippen molar-refractivity contribution in [1.29, 1.82) is 0 Å². The smallest absolute Gasteiger partial charge is 0.0166 e. The van der Waals surface area contributed by atoms with Crippen LogP contribution in [0.15, 0.2) is 12.2 Å². The lowest BCUT2D eigenvalue weighted by Crippen LogP contribution is -2.46. The standard InChI is InChI=1S/C11H19N/c1-2-10-6-5-9-12-8-4-3-7-11(10)12/h3-4,10-11H,2,5-9H2,1H3. The maximum absolute atomic E-state index is 2.66. The highest BCUT2D eigenvalue weighted by molar-refractivity contribution is 4.99. The van der Waals surface area contributed by atoms with Crippen LogP contribution in [0, 0.1) is 5.92 Å². The van der Waals surface area contributed by atoms with Gasteiger partial charge in [-0.3, -0.25) is 4.90 Å². The van der Waals surface area contributed by atoms with E-state index in [1.165, 1.54) is 38.8 Å². The van der Waals surface area contributed by atoms with Crippen molar-refractivity contribution in [3.05, 3.63) is 12.2 Å². The van der Waals surface area contributed by atoms with Gasteiger partial charge in [-0.1, -0.05) is 25.5 Å². The van der Waals surface area contributed by atoms with Crippen LogP contribution in [0.4, 0.5) is 0 Å². The summed E-state index contributed by atoms with van der Waals surface area (Å²) in [5, 5.41) is 0. The molecule has 0 N–H and O–H groups in total. The van der Waals surface area contributed by atoms with Gasteiger partial charge in [-0.25, -0.2) is 0 Å². The molecule has 2 atom stereocenters. The van der Waals surface area contributed by atoms with Gasteiger partial charge in [0.15, 0.2) is 0 Å². The van der Waals surface area contributed by atoms with Crippen LogP contribution in [0.1, 0.15) is 32.6 Å². The molecule has 0 aromatic carbocycles. The second-order valence-corrected chi connectivity index (χ2v) is 4.08. The summed E-state index contributed by atoms with van der Waals surface area (Å²) in [5.74, 6) is 0.976. The predicted octanol–water partition coefficient (Wildman–Crippen LogP) is 2.44. The highest BCUT2D eigenvalue weighted by Crippen LogP contribution is 2.30. The quantitative estimate of drug-likeness (QED) is 0.539. The van der Waals surface area contributed by atoms with Crippen molar-refractivity contribution in [3.8, 4) is 0 Å². The van der Waals surface area contributed by atoms with E-state index < -0.39 is 0 Å². The van der Waals surface area contributed by atoms with Crippen molar-refractivity contribution in [3.63, 3.8) is 0 Å². The highest BCUT2D eigenvalue weighted by Gasteiger charge is 2.29. The SMILES string of the molecule is CCC1CCCN2CC=CCC12. The van der Waals surface area contributed by atoms with Crippen LogP contribution in [0.5, 0.6) is 0 Å². The molecule has 1 heteroatoms. The summed E-state index contributed by atoms with van der Waals surface area (Å²) in [5.41, 5.74) is 0. The molecular weight excluding hydrogens is 146 g/mol. The monoisotopic (exact) mass is 165 g/mol. The molecule has 1 fully saturated rings. The maximum atomic E-state index is 2.66. The van der Waals surface area contributed by atoms with Crippen LogP contribution in [0.3, 0.4) is 0 Å². The molecule has 2 heterocycles. The number of hydrogen-bond acceptors (Lipinski definition) is 1. The fourth-order valence-electron chi connectivity index (χ4n) is 2.70. The second kappa shape index (κ2) is 3.61. The largest absolute Gasteiger partial charge is 0.296 e. The summed E-state index contributed by atoms with van der Waals surface area (Å²) in [6.07, 6.45) is 10.3. The lowest BCUT2D eigenvalue weighted by molar-refractivity contribution is 0.0976. The number of rotatable bonds is 1. The summed E-state index contributed by atoms with van der Waals surface area (Å²) in [6.45, 7) is 4.89. The first-order chi connectivity index (χ1) is 5.92. The first-order valence-electron chi connectivity index (χ1n) is 5.31. The number of piperidine rings is 1. The number of hydrogen-bond donors (Lipinski definition) is 0. The number of nitrogens with zero attached hydrogens (tertiary/aromatic N) is 1. The zero-order valence-electron chi connectivity index (χ0n) is 8.00. The van der Waals surface area contributed by atoms with Crippen molar-refractivity contribution >= 4 is 0 Å². The molecule has 2 unspecified atom stereocenters. The lowest BCUT2D eigenvalue weighted by Gasteiger charge is -2.42. The molecule has 0 radical (unpaired) electrons. The molecule has 0 saturated carbocycles. The van der Waals surface area contributed by atoms with E-state index in [4.69, 9.17) is 0 Å². The third-order valence-electron chi connectivity index (χ3n) is 3.44. The Bertz CT molecular complexity index is 174. The van der Waals surface area contributed by atoms with Gasteiger partial charge < -0.3 is 0 Å². The molecular formula is C11H19N. The third-order valence-corrected chi connectivity index (χ3v) is 3.44. The minimum absolute atomic E-state index is 0.883. The van der Waals surface area contributed by atoms with Gasteiger partial charge in [-0.15, -0.1) is 0 Å². The molecule has 0 aromatic rings. The molecule has 0 spiro atoms.